The van der Waals surface area contributed by atoms with Crippen LogP contribution in [-0.2, 0) is 6.42 Å². The lowest BCUT2D eigenvalue weighted by atomic mass is 9.86. The van der Waals surface area contributed by atoms with Crippen molar-refractivity contribution in [1.29, 1.82) is 0 Å². The fourth-order valence-corrected chi connectivity index (χ4v) is 2.19. The van der Waals surface area contributed by atoms with Crippen LogP contribution in [0, 0.1) is 0 Å². The van der Waals surface area contributed by atoms with Gasteiger partial charge in [0.15, 0.2) is 0 Å². The van der Waals surface area contributed by atoms with Gasteiger partial charge in [-0.2, -0.15) is 0 Å². The molecule has 0 spiro atoms. The van der Waals surface area contributed by atoms with E-state index in [1.165, 1.54) is 10.9 Å². The molecule has 2 nitrogen and oxygen atoms in total. The van der Waals surface area contributed by atoms with E-state index in [-0.39, 0.29) is 5.54 Å². The van der Waals surface area contributed by atoms with Gasteiger partial charge in [0, 0.05) is 17.1 Å². The van der Waals surface area contributed by atoms with Crippen molar-refractivity contribution in [3.63, 3.8) is 0 Å². The standard InChI is InChI=1S/C15H20N2/c1-3-15(16,4-2)11-12-9-10-17-14-8-6-5-7-13(12)14/h5-10H,3-4,11,16H2,1-2H3. The molecule has 1 heterocycles. The van der Waals surface area contributed by atoms with Gasteiger partial charge in [-0.05, 0) is 37.0 Å². The van der Waals surface area contributed by atoms with E-state index in [0.717, 1.165) is 24.8 Å². The van der Waals surface area contributed by atoms with E-state index in [9.17, 15) is 0 Å². The van der Waals surface area contributed by atoms with Gasteiger partial charge >= 0.3 is 0 Å². The fraction of sp³-hybridized carbons (Fsp3) is 0.400. The summed E-state index contributed by atoms with van der Waals surface area (Å²) in [6.45, 7) is 4.32. The van der Waals surface area contributed by atoms with Crippen LogP contribution in [0.2, 0.25) is 0 Å². The highest BCUT2D eigenvalue weighted by Gasteiger charge is 2.21. The van der Waals surface area contributed by atoms with Gasteiger partial charge in [0.1, 0.15) is 0 Å². The normalized spacial score (nSPS) is 11.9. The van der Waals surface area contributed by atoms with Crippen molar-refractivity contribution in [2.75, 3.05) is 0 Å². The molecule has 17 heavy (non-hydrogen) atoms. The number of fused-ring (bicyclic) bond motifs is 1. The summed E-state index contributed by atoms with van der Waals surface area (Å²) in [5.74, 6) is 0. The lowest BCUT2D eigenvalue weighted by molar-refractivity contribution is 0.394. The van der Waals surface area contributed by atoms with Crippen LogP contribution in [0.25, 0.3) is 10.9 Å². The van der Waals surface area contributed by atoms with Crippen LogP contribution in [0.1, 0.15) is 32.3 Å². The van der Waals surface area contributed by atoms with E-state index in [0.29, 0.717) is 0 Å². The average Bonchev–Trinajstić information content (AvgIpc) is 2.39. The largest absolute Gasteiger partial charge is 0.325 e. The first-order valence-corrected chi connectivity index (χ1v) is 6.30. The summed E-state index contributed by atoms with van der Waals surface area (Å²) in [5.41, 5.74) is 8.67. The van der Waals surface area contributed by atoms with Gasteiger partial charge in [0.05, 0.1) is 5.52 Å². The minimum atomic E-state index is -0.0931. The molecule has 0 unspecified atom stereocenters. The molecule has 0 aliphatic carbocycles. The Balaban J connectivity index is 2.42. The van der Waals surface area contributed by atoms with Crippen molar-refractivity contribution in [3.8, 4) is 0 Å². The van der Waals surface area contributed by atoms with E-state index in [2.05, 4.69) is 43.1 Å². The Morgan fingerprint density at radius 1 is 1.12 bits per heavy atom. The summed E-state index contributed by atoms with van der Waals surface area (Å²) >= 11 is 0. The highest BCUT2D eigenvalue weighted by molar-refractivity contribution is 5.81. The Labute approximate surface area is 103 Å². The van der Waals surface area contributed by atoms with Gasteiger partial charge in [-0.1, -0.05) is 32.0 Å². The molecule has 0 saturated carbocycles. The third kappa shape index (κ3) is 2.47. The molecule has 0 atom stereocenters. The third-order valence-electron chi connectivity index (χ3n) is 3.69. The zero-order valence-electron chi connectivity index (χ0n) is 10.6. The fourth-order valence-electron chi connectivity index (χ4n) is 2.19. The Hall–Kier alpha value is -1.41. The molecule has 0 aliphatic rings. The number of pyridine rings is 1. The van der Waals surface area contributed by atoms with Crippen LogP contribution >= 0.6 is 0 Å². The highest BCUT2D eigenvalue weighted by Crippen LogP contribution is 2.23. The summed E-state index contributed by atoms with van der Waals surface area (Å²) in [4.78, 5) is 4.38. The first-order valence-electron chi connectivity index (χ1n) is 6.30. The smallest absolute Gasteiger partial charge is 0.0704 e. The summed E-state index contributed by atoms with van der Waals surface area (Å²) in [7, 11) is 0. The molecule has 2 aromatic rings. The van der Waals surface area contributed by atoms with Crippen LogP contribution in [0.5, 0.6) is 0 Å². The number of benzene rings is 1. The third-order valence-corrected chi connectivity index (χ3v) is 3.69. The number of hydrogen-bond acceptors (Lipinski definition) is 2. The van der Waals surface area contributed by atoms with E-state index >= 15 is 0 Å². The second-order valence-electron chi connectivity index (χ2n) is 4.73. The Morgan fingerprint density at radius 3 is 2.53 bits per heavy atom. The Bertz CT molecular complexity index is 496. The van der Waals surface area contributed by atoms with Gasteiger partial charge < -0.3 is 5.73 Å². The second kappa shape index (κ2) is 4.84. The maximum atomic E-state index is 6.40. The monoisotopic (exact) mass is 228 g/mol. The molecule has 1 aromatic heterocycles. The average molecular weight is 228 g/mol. The van der Waals surface area contributed by atoms with Crippen LogP contribution < -0.4 is 5.73 Å². The van der Waals surface area contributed by atoms with Gasteiger partial charge in [0.2, 0.25) is 0 Å². The van der Waals surface area contributed by atoms with Crippen molar-refractivity contribution in [1.82, 2.24) is 4.98 Å². The van der Waals surface area contributed by atoms with E-state index in [1.54, 1.807) is 0 Å². The zero-order valence-corrected chi connectivity index (χ0v) is 10.6. The maximum absolute atomic E-state index is 6.40. The molecule has 0 amide bonds. The van der Waals surface area contributed by atoms with E-state index < -0.39 is 0 Å². The van der Waals surface area contributed by atoms with Crippen LogP contribution in [0.15, 0.2) is 36.5 Å². The zero-order chi connectivity index (χ0) is 12.3. The van der Waals surface area contributed by atoms with Crippen molar-refractivity contribution < 1.29 is 0 Å². The second-order valence-corrected chi connectivity index (χ2v) is 4.73. The van der Waals surface area contributed by atoms with Gasteiger partial charge in [-0.25, -0.2) is 0 Å². The van der Waals surface area contributed by atoms with Crippen LogP contribution in [0.3, 0.4) is 0 Å². The number of hydrogen-bond donors (Lipinski definition) is 1. The number of nitrogens with two attached hydrogens (primary N) is 1. The molecule has 0 aliphatic heterocycles. The van der Waals surface area contributed by atoms with Crippen molar-refractivity contribution >= 4 is 10.9 Å². The molecule has 90 valence electrons. The minimum Gasteiger partial charge on any atom is -0.325 e. The number of rotatable bonds is 4. The maximum Gasteiger partial charge on any atom is 0.0704 e. The Morgan fingerprint density at radius 2 is 1.82 bits per heavy atom. The molecule has 0 radical (unpaired) electrons. The molecule has 1 aromatic carbocycles. The molecule has 2 N–H and O–H groups in total. The number of para-hydroxylation sites is 1. The van der Waals surface area contributed by atoms with Crippen molar-refractivity contribution in [2.45, 2.75) is 38.6 Å². The number of nitrogens with zero attached hydrogens (tertiary/aromatic N) is 1. The number of aromatic nitrogens is 1. The highest BCUT2D eigenvalue weighted by atomic mass is 14.7. The summed E-state index contributed by atoms with van der Waals surface area (Å²) in [6, 6.07) is 10.4. The summed E-state index contributed by atoms with van der Waals surface area (Å²) < 4.78 is 0. The molecular weight excluding hydrogens is 208 g/mol. The molecule has 2 rings (SSSR count). The SMILES string of the molecule is CCC(N)(CC)Cc1ccnc2ccccc12. The summed E-state index contributed by atoms with van der Waals surface area (Å²) in [6.07, 6.45) is 4.80. The first-order chi connectivity index (χ1) is 8.18. The predicted octanol–water partition coefficient (Wildman–Crippen LogP) is 3.29. The molecule has 0 bridgehead atoms. The van der Waals surface area contributed by atoms with Gasteiger partial charge in [-0.15, -0.1) is 0 Å². The lowest BCUT2D eigenvalue weighted by Crippen LogP contribution is -2.40. The molecule has 0 saturated heterocycles. The van der Waals surface area contributed by atoms with Crippen LogP contribution in [0.4, 0.5) is 0 Å². The van der Waals surface area contributed by atoms with Crippen molar-refractivity contribution in [2.24, 2.45) is 5.73 Å². The first kappa shape index (κ1) is 12.1. The quantitative estimate of drug-likeness (QED) is 0.872. The van der Waals surface area contributed by atoms with Crippen molar-refractivity contribution in [3.05, 3.63) is 42.1 Å². The molecular formula is C15H20N2. The lowest BCUT2D eigenvalue weighted by Gasteiger charge is -2.27. The Kier molecular flexibility index (Phi) is 3.43. The predicted molar refractivity (Wildman–Crippen MR) is 72.9 cm³/mol. The molecule has 0 fully saturated rings. The minimum absolute atomic E-state index is 0.0931. The van der Waals surface area contributed by atoms with E-state index in [1.807, 2.05) is 12.3 Å². The van der Waals surface area contributed by atoms with Crippen LogP contribution in [-0.4, -0.2) is 10.5 Å². The van der Waals surface area contributed by atoms with Gasteiger partial charge in [-0.3, -0.25) is 4.98 Å². The van der Waals surface area contributed by atoms with Gasteiger partial charge in [0.25, 0.3) is 0 Å². The topological polar surface area (TPSA) is 38.9 Å². The van der Waals surface area contributed by atoms with E-state index in [4.69, 9.17) is 5.73 Å². The summed E-state index contributed by atoms with van der Waals surface area (Å²) in [5, 5.41) is 1.23. The molecule has 2 heteroatoms.